The molecule has 0 fully saturated rings. The highest BCUT2D eigenvalue weighted by molar-refractivity contribution is 5.87. The summed E-state index contributed by atoms with van der Waals surface area (Å²) in [6, 6.07) is 12.2. The van der Waals surface area contributed by atoms with Gasteiger partial charge in [-0.2, -0.15) is 9.97 Å². The van der Waals surface area contributed by atoms with Gasteiger partial charge in [-0.05, 0) is 35.4 Å². The van der Waals surface area contributed by atoms with Crippen LogP contribution in [-0.2, 0) is 6.42 Å². The van der Waals surface area contributed by atoms with E-state index in [2.05, 4.69) is 27.1 Å². The standard InChI is InChI=1S/C16H16N4O/c1-10-18-15(20-16(17)19-10)8-12-5-3-4-11-6-7-13(21-2)9-14(11)12/h3-7,9H,8H2,1-2H3,(H2,17,18,19,20). The van der Waals surface area contributed by atoms with Crippen LogP contribution in [0.1, 0.15) is 17.2 Å². The summed E-state index contributed by atoms with van der Waals surface area (Å²) in [5.74, 6) is 2.40. The molecule has 0 spiro atoms. The summed E-state index contributed by atoms with van der Waals surface area (Å²) in [6.45, 7) is 1.81. The van der Waals surface area contributed by atoms with E-state index in [1.54, 1.807) is 7.11 Å². The minimum atomic E-state index is 0.260. The normalized spacial score (nSPS) is 10.8. The van der Waals surface area contributed by atoms with Crippen molar-refractivity contribution in [2.24, 2.45) is 0 Å². The lowest BCUT2D eigenvalue weighted by Crippen LogP contribution is -2.05. The number of fused-ring (bicyclic) bond motifs is 1. The minimum Gasteiger partial charge on any atom is -0.497 e. The van der Waals surface area contributed by atoms with Crippen molar-refractivity contribution in [2.75, 3.05) is 12.8 Å². The van der Waals surface area contributed by atoms with Crippen LogP contribution < -0.4 is 10.5 Å². The van der Waals surface area contributed by atoms with Crippen LogP contribution in [0.15, 0.2) is 36.4 Å². The molecule has 0 saturated heterocycles. The third kappa shape index (κ3) is 2.76. The third-order valence-electron chi connectivity index (χ3n) is 3.34. The number of ether oxygens (including phenoxy) is 1. The van der Waals surface area contributed by atoms with Gasteiger partial charge in [-0.3, -0.25) is 0 Å². The molecule has 3 aromatic rings. The molecule has 106 valence electrons. The Bertz CT molecular complexity index is 781. The molecule has 0 amide bonds. The average molecular weight is 280 g/mol. The van der Waals surface area contributed by atoms with Gasteiger partial charge in [-0.25, -0.2) is 4.98 Å². The summed E-state index contributed by atoms with van der Waals surface area (Å²) in [7, 11) is 1.67. The van der Waals surface area contributed by atoms with E-state index < -0.39 is 0 Å². The zero-order chi connectivity index (χ0) is 14.8. The Balaban J connectivity index is 2.07. The molecule has 0 bridgehead atoms. The summed E-state index contributed by atoms with van der Waals surface area (Å²) < 4.78 is 5.30. The molecule has 1 aromatic heterocycles. The van der Waals surface area contributed by atoms with Crippen LogP contribution in [0.25, 0.3) is 10.8 Å². The second-order valence-corrected chi connectivity index (χ2v) is 4.84. The molecule has 5 heteroatoms. The number of nitrogens with two attached hydrogens (primary N) is 1. The highest BCUT2D eigenvalue weighted by Crippen LogP contribution is 2.25. The van der Waals surface area contributed by atoms with Crippen molar-refractivity contribution in [3.8, 4) is 5.75 Å². The first kappa shape index (κ1) is 13.3. The van der Waals surface area contributed by atoms with Crippen LogP contribution in [0.2, 0.25) is 0 Å². The monoisotopic (exact) mass is 280 g/mol. The molecule has 0 aliphatic rings. The summed E-state index contributed by atoms with van der Waals surface area (Å²) in [5, 5.41) is 2.29. The molecule has 21 heavy (non-hydrogen) atoms. The Hall–Kier alpha value is -2.69. The van der Waals surface area contributed by atoms with E-state index in [1.165, 1.54) is 0 Å². The van der Waals surface area contributed by atoms with E-state index in [4.69, 9.17) is 10.5 Å². The topological polar surface area (TPSA) is 73.9 Å². The van der Waals surface area contributed by atoms with Gasteiger partial charge in [-0.15, -0.1) is 0 Å². The number of benzene rings is 2. The minimum absolute atomic E-state index is 0.260. The Morgan fingerprint density at radius 1 is 1.10 bits per heavy atom. The van der Waals surface area contributed by atoms with E-state index >= 15 is 0 Å². The molecule has 5 nitrogen and oxygen atoms in total. The predicted octanol–water partition coefficient (Wildman–Crippen LogP) is 2.51. The van der Waals surface area contributed by atoms with Crippen molar-refractivity contribution in [2.45, 2.75) is 13.3 Å². The van der Waals surface area contributed by atoms with Crippen LogP contribution in [0.5, 0.6) is 5.75 Å². The summed E-state index contributed by atoms with van der Waals surface area (Å²) >= 11 is 0. The number of hydrogen-bond acceptors (Lipinski definition) is 5. The Kier molecular flexibility index (Phi) is 3.39. The molecule has 0 saturated carbocycles. The first-order valence-corrected chi connectivity index (χ1v) is 6.68. The van der Waals surface area contributed by atoms with Crippen LogP contribution in [0.4, 0.5) is 5.95 Å². The molecule has 3 rings (SSSR count). The first-order chi connectivity index (χ1) is 10.2. The molecular weight excluding hydrogens is 264 g/mol. The molecule has 0 aliphatic carbocycles. The van der Waals surface area contributed by atoms with Gasteiger partial charge in [0.05, 0.1) is 7.11 Å². The second kappa shape index (κ2) is 5.36. The number of anilines is 1. The molecule has 0 radical (unpaired) electrons. The lowest BCUT2D eigenvalue weighted by molar-refractivity contribution is 0.415. The zero-order valence-electron chi connectivity index (χ0n) is 12.0. The van der Waals surface area contributed by atoms with Crippen LogP contribution in [-0.4, -0.2) is 22.1 Å². The van der Waals surface area contributed by atoms with Crippen molar-refractivity contribution in [3.63, 3.8) is 0 Å². The lowest BCUT2D eigenvalue weighted by atomic mass is 10.0. The SMILES string of the molecule is COc1ccc2cccc(Cc3nc(C)nc(N)n3)c2c1. The Labute approximate surface area is 122 Å². The van der Waals surface area contributed by atoms with Crippen LogP contribution >= 0.6 is 0 Å². The number of rotatable bonds is 3. The van der Waals surface area contributed by atoms with Gasteiger partial charge in [0.25, 0.3) is 0 Å². The largest absolute Gasteiger partial charge is 0.497 e. The number of nitrogen functional groups attached to an aromatic ring is 1. The van der Waals surface area contributed by atoms with Gasteiger partial charge in [-0.1, -0.05) is 24.3 Å². The van der Waals surface area contributed by atoms with E-state index in [0.717, 1.165) is 22.1 Å². The number of methoxy groups -OCH3 is 1. The van der Waals surface area contributed by atoms with Gasteiger partial charge in [0.15, 0.2) is 0 Å². The molecule has 0 atom stereocenters. The zero-order valence-corrected chi connectivity index (χ0v) is 12.0. The fraction of sp³-hybridized carbons (Fsp3) is 0.188. The number of nitrogens with zero attached hydrogens (tertiary/aromatic N) is 3. The number of aromatic nitrogens is 3. The van der Waals surface area contributed by atoms with E-state index in [9.17, 15) is 0 Å². The maximum absolute atomic E-state index is 5.69. The lowest BCUT2D eigenvalue weighted by Gasteiger charge is -2.08. The second-order valence-electron chi connectivity index (χ2n) is 4.84. The highest BCUT2D eigenvalue weighted by atomic mass is 16.5. The molecule has 0 aliphatic heterocycles. The van der Waals surface area contributed by atoms with E-state index in [1.807, 2.05) is 31.2 Å². The Morgan fingerprint density at radius 2 is 1.95 bits per heavy atom. The number of aryl methyl sites for hydroxylation is 1. The van der Waals surface area contributed by atoms with Gasteiger partial charge in [0, 0.05) is 6.42 Å². The quantitative estimate of drug-likeness (QED) is 0.798. The molecular formula is C16H16N4O. The van der Waals surface area contributed by atoms with Crippen molar-refractivity contribution in [1.82, 2.24) is 15.0 Å². The number of hydrogen-bond donors (Lipinski definition) is 1. The third-order valence-corrected chi connectivity index (χ3v) is 3.34. The van der Waals surface area contributed by atoms with Crippen molar-refractivity contribution < 1.29 is 4.74 Å². The van der Waals surface area contributed by atoms with Crippen molar-refractivity contribution in [3.05, 3.63) is 53.6 Å². The highest BCUT2D eigenvalue weighted by Gasteiger charge is 2.07. The van der Waals surface area contributed by atoms with E-state index in [-0.39, 0.29) is 5.95 Å². The Morgan fingerprint density at radius 3 is 2.71 bits per heavy atom. The smallest absolute Gasteiger partial charge is 0.223 e. The predicted molar refractivity (Wildman–Crippen MR) is 82.3 cm³/mol. The molecule has 2 N–H and O–H groups in total. The molecule has 0 unspecified atom stereocenters. The van der Waals surface area contributed by atoms with Gasteiger partial charge < -0.3 is 10.5 Å². The molecule has 2 aromatic carbocycles. The maximum Gasteiger partial charge on any atom is 0.223 e. The first-order valence-electron chi connectivity index (χ1n) is 6.68. The average Bonchev–Trinajstić information content (AvgIpc) is 2.46. The van der Waals surface area contributed by atoms with Crippen LogP contribution in [0, 0.1) is 6.92 Å². The maximum atomic E-state index is 5.69. The summed E-state index contributed by atoms with van der Waals surface area (Å²) in [5.41, 5.74) is 6.82. The van der Waals surface area contributed by atoms with Gasteiger partial charge in [0.2, 0.25) is 5.95 Å². The fourth-order valence-electron chi connectivity index (χ4n) is 2.41. The summed E-state index contributed by atoms with van der Waals surface area (Å²) in [4.78, 5) is 12.5. The molecule has 1 heterocycles. The summed E-state index contributed by atoms with van der Waals surface area (Å²) in [6.07, 6.45) is 0.609. The van der Waals surface area contributed by atoms with Crippen molar-refractivity contribution in [1.29, 1.82) is 0 Å². The van der Waals surface area contributed by atoms with E-state index in [0.29, 0.717) is 18.1 Å². The van der Waals surface area contributed by atoms with Gasteiger partial charge in [0.1, 0.15) is 17.4 Å². The van der Waals surface area contributed by atoms with Crippen molar-refractivity contribution >= 4 is 16.7 Å². The fourth-order valence-corrected chi connectivity index (χ4v) is 2.41. The van der Waals surface area contributed by atoms with Gasteiger partial charge >= 0.3 is 0 Å². The van der Waals surface area contributed by atoms with Crippen LogP contribution in [0.3, 0.4) is 0 Å².